The lowest BCUT2D eigenvalue weighted by molar-refractivity contribution is 0.270. The second-order valence-electron chi connectivity index (χ2n) is 14.1. The zero-order valence-electron chi connectivity index (χ0n) is 28.0. The summed E-state index contributed by atoms with van der Waals surface area (Å²) in [7, 11) is 0. The van der Waals surface area contributed by atoms with Gasteiger partial charge in [0, 0.05) is 23.6 Å². The number of hydrogen-bond acceptors (Lipinski definition) is 3. The van der Waals surface area contributed by atoms with Gasteiger partial charge in [-0.3, -0.25) is 4.99 Å². The topological polar surface area (TPSA) is 18.8 Å². The molecule has 3 nitrogen and oxygen atoms in total. The van der Waals surface area contributed by atoms with Crippen LogP contribution in [0.2, 0.25) is 0 Å². The van der Waals surface area contributed by atoms with Gasteiger partial charge in [-0.1, -0.05) is 112 Å². The Morgan fingerprint density at radius 3 is 1.69 bits per heavy atom. The van der Waals surface area contributed by atoms with Crippen molar-refractivity contribution >= 4 is 27.8 Å². The average Bonchev–Trinajstić information content (AvgIpc) is 3.81. The molecule has 0 bridgehead atoms. The summed E-state index contributed by atoms with van der Waals surface area (Å²) in [5.74, 6) is 0. The van der Waals surface area contributed by atoms with Crippen molar-refractivity contribution in [2.45, 2.75) is 88.9 Å². The number of nitrogens with zero attached hydrogens (tertiary/aromatic N) is 3. The molecule has 2 heterocycles. The van der Waals surface area contributed by atoms with E-state index in [0.29, 0.717) is 0 Å². The van der Waals surface area contributed by atoms with Gasteiger partial charge in [-0.05, 0) is 123 Å². The van der Waals surface area contributed by atoms with Gasteiger partial charge in [0.15, 0.2) is 0 Å². The molecule has 0 aliphatic carbocycles. The number of hydrogen-bond donors (Lipinski definition) is 0. The van der Waals surface area contributed by atoms with Gasteiger partial charge >= 0.3 is 0 Å². The minimum Gasteiger partial charge on any atom is -0.303 e. The highest BCUT2D eigenvalue weighted by Crippen LogP contribution is 2.40. The lowest BCUT2D eigenvalue weighted by Gasteiger charge is -2.37. The first kappa shape index (κ1) is 32.0. The van der Waals surface area contributed by atoms with E-state index >= 15 is 0 Å². The van der Waals surface area contributed by atoms with Gasteiger partial charge in [0.2, 0.25) is 0 Å². The minimum atomic E-state index is -0.0795. The Bertz CT molecular complexity index is 1540. The number of rotatable bonds is 15. The monoisotopic (exact) mass is 601 g/mol. The van der Waals surface area contributed by atoms with E-state index in [1.807, 2.05) is 0 Å². The fraction of sp³-hybridized carbons (Fsp3) is 0.500. The predicted molar refractivity (Wildman–Crippen MR) is 195 cm³/mol. The molecule has 3 heteroatoms. The van der Waals surface area contributed by atoms with Crippen LogP contribution in [-0.2, 0) is 10.8 Å². The van der Waals surface area contributed by atoms with Crippen molar-refractivity contribution in [1.82, 2.24) is 9.80 Å². The van der Waals surface area contributed by atoms with Crippen molar-refractivity contribution < 1.29 is 0 Å². The first-order valence-corrected chi connectivity index (χ1v) is 18.1. The lowest BCUT2D eigenvalue weighted by atomic mass is 9.71. The fourth-order valence-electron chi connectivity index (χ4n) is 8.64. The predicted octanol–water partition coefficient (Wildman–Crippen LogP) is 9.81. The van der Waals surface area contributed by atoms with Gasteiger partial charge in [-0.25, -0.2) is 0 Å². The number of fused-ring (bicyclic) bond motifs is 2. The summed E-state index contributed by atoms with van der Waals surface area (Å²) in [6.07, 6.45) is 14.7. The Kier molecular flexibility index (Phi) is 10.7. The molecule has 0 spiro atoms. The number of benzene rings is 4. The van der Waals surface area contributed by atoms with Gasteiger partial charge in [0.1, 0.15) is 0 Å². The molecule has 0 aromatic heterocycles. The van der Waals surface area contributed by atoms with Gasteiger partial charge in [0.25, 0.3) is 0 Å². The van der Waals surface area contributed by atoms with Crippen molar-refractivity contribution in [2.75, 3.05) is 45.8 Å². The van der Waals surface area contributed by atoms with Crippen molar-refractivity contribution in [3.8, 4) is 0 Å². The van der Waals surface area contributed by atoms with Crippen LogP contribution in [0.1, 0.15) is 89.2 Å². The van der Waals surface area contributed by atoms with E-state index in [4.69, 9.17) is 4.99 Å². The van der Waals surface area contributed by atoms with Crippen molar-refractivity contribution in [2.24, 2.45) is 4.99 Å². The molecule has 45 heavy (non-hydrogen) atoms. The van der Waals surface area contributed by atoms with E-state index in [9.17, 15) is 0 Å². The zero-order chi connectivity index (χ0) is 31.0. The Labute approximate surface area is 272 Å². The molecule has 0 radical (unpaired) electrons. The Balaban J connectivity index is 1.42. The molecular weight excluding hydrogens is 546 g/mol. The fourth-order valence-corrected chi connectivity index (χ4v) is 8.64. The third-order valence-electron chi connectivity index (χ3n) is 11.0. The van der Waals surface area contributed by atoms with Crippen molar-refractivity contribution in [1.29, 1.82) is 0 Å². The molecule has 2 saturated heterocycles. The largest absolute Gasteiger partial charge is 0.303 e. The van der Waals surface area contributed by atoms with Crippen LogP contribution in [0.5, 0.6) is 0 Å². The maximum Gasteiger partial charge on any atom is 0.0483 e. The zero-order valence-corrected chi connectivity index (χ0v) is 28.0. The van der Waals surface area contributed by atoms with Gasteiger partial charge in [-0.15, -0.1) is 0 Å². The maximum atomic E-state index is 5.65. The standard InChI is InChI=1S/C42H55N3/c1-3-23-41(25-31-44-27-9-10-28-44,39-21-13-17-35-15-5-7-19-37(35)39)33-43-34-42(24-4-2,26-32-45-29-11-12-30-45)40-22-14-18-36-16-6-8-20-38(36)40/h5-8,13-22,33H,3-4,9-12,23-32,34H2,1-2H3. The minimum absolute atomic E-state index is 0.0143. The normalized spacial score (nSPS) is 19.1. The van der Waals surface area contributed by atoms with Gasteiger partial charge in [-0.2, -0.15) is 0 Å². The molecule has 2 fully saturated rings. The Morgan fingerprint density at radius 1 is 0.578 bits per heavy atom. The molecule has 2 aliphatic heterocycles. The average molecular weight is 602 g/mol. The highest BCUT2D eigenvalue weighted by atomic mass is 15.1. The Morgan fingerprint density at radius 2 is 1.09 bits per heavy atom. The van der Waals surface area contributed by atoms with Crippen LogP contribution in [0.3, 0.4) is 0 Å². The number of likely N-dealkylation sites (tertiary alicyclic amines) is 2. The number of aliphatic imine (C=N–C) groups is 1. The van der Waals surface area contributed by atoms with Crippen LogP contribution < -0.4 is 0 Å². The van der Waals surface area contributed by atoms with Crippen LogP contribution in [-0.4, -0.2) is 61.8 Å². The van der Waals surface area contributed by atoms with E-state index in [1.54, 1.807) is 0 Å². The van der Waals surface area contributed by atoms with Crippen LogP contribution in [0, 0.1) is 0 Å². The summed E-state index contributed by atoms with van der Waals surface area (Å²) in [5, 5.41) is 5.49. The molecule has 0 saturated carbocycles. The summed E-state index contributed by atoms with van der Waals surface area (Å²) < 4.78 is 0. The maximum absolute atomic E-state index is 5.65. The summed E-state index contributed by atoms with van der Waals surface area (Å²) in [6.45, 7) is 12.9. The van der Waals surface area contributed by atoms with E-state index in [0.717, 1.165) is 58.2 Å². The van der Waals surface area contributed by atoms with E-state index < -0.39 is 0 Å². The van der Waals surface area contributed by atoms with Crippen LogP contribution >= 0.6 is 0 Å². The van der Waals surface area contributed by atoms with Crippen molar-refractivity contribution in [3.05, 3.63) is 96.1 Å². The summed E-state index contributed by atoms with van der Waals surface area (Å²) >= 11 is 0. The summed E-state index contributed by atoms with van der Waals surface area (Å²) in [5.41, 5.74) is 2.90. The SMILES string of the molecule is CCCC(C=NCC(CCC)(CCN1CCCC1)c1cccc2ccccc12)(CCN1CCCC1)c1cccc2ccccc12. The molecule has 2 unspecified atom stereocenters. The van der Waals surface area contributed by atoms with Crippen LogP contribution in [0.4, 0.5) is 0 Å². The molecular formula is C42H55N3. The smallest absolute Gasteiger partial charge is 0.0483 e. The highest BCUT2D eigenvalue weighted by molar-refractivity contribution is 5.91. The van der Waals surface area contributed by atoms with E-state index in [2.05, 4.69) is 115 Å². The van der Waals surface area contributed by atoms with Gasteiger partial charge < -0.3 is 9.80 Å². The third-order valence-corrected chi connectivity index (χ3v) is 11.0. The second kappa shape index (κ2) is 15.1. The molecule has 6 rings (SSSR count). The lowest BCUT2D eigenvalue weighted by Crippen LogP contribution is -2.37. The van der Waals surface area contributed by atoms with Crippen LogP contribution in [0.15, 0.2) is 89.9 Å². The van der Waals surface area contributed by atoms with E-state index in [1.165, 1.54) is 84.5 Å². The van der Waals surface area contributed by atoms with Gasteiger partial charge in [0.05, 0.1) is 0 Å². The molecule has 0 amide bonds. The van der Waals surface area contributed by atoms with Crippen LogP contribution in [0.25, 0.3) is 21.5 Å². The molecule has 2 aliphatic rings. The second-order valence-corrected chi connectivity index (χ2v) is 14.1. The first-order valence-electron chi connectivity index (χ1n) is 18.1. The molecule has 238 valence electrons. The summed E-state index contributed by atoms with van der Waals surface area (Å²) in [4.78, 5) is 11.0. The third kappa shape index (κ3) is 7.21. The molecule has 4 aromatic carbocycles. The summed E-state index contributed by atoms with van der Waals surface area (Å²) in [6, 6.07) is 32.0. The first-order chi connectivity index (χ1) is 22.2. The molecule has 2 atom stereocenters. The molecule has 4 aromatic rings. The van der Waals surface area contributed by atoms with Crippen molar-refractivity contribution in [3.63, 3.8) is 0 Å². The highest BCUT2D eigenvalue weighted by Gasteiger charge is 2.36. The quantitative estimate of drug-likeness (QED) is 0.126. The molecule has 0 N–H and O–H groups in total. The Hall–Kier alpha value is -3.01. The van der Waals surface area contributed by atoms with E-state index in [-0.39, 0.29) is 10.8 Å².